The third kappa shape index (κ3) is 4.11. The molecule has 134 valence electrons. The molecule has 4 aromatic heterocycles. The van der Waals surface area contributed by atoms with Crippen LogP contribution < -0.4 is 10.9 Å². The smallest absolute Gasteiger partial charge is 0.275 e. The molecule has 0 saturated heterocycles. The van der Waals surface area contributed by atoms with E-state index in [1.165, 1.54) is 38.1 Å². The van der Waals surface area contributed by atoms with Crippen molar-refractivity contribution in [2.75, 3.05) is 11.9 Å². The van der Waals surface area contributed by atoms with Crippen molar-refractivity contribution in [2.24, 2.45) is 0 Å². The van der Waals surface area contributed by atoms with Gasteiger partial charge in [0.15, 0.2) is 4.34 Å². The molecule has 0 unspecified atom stereocenters. The summed E-state index contributed by atoms with van der Waals surface area (Å²) in [6.07, 6.45) is 0.979. The molecule has 0 bridgehead atoms. The number of nitrogens with one attached hydrogen (secondary N) is 1. The maximum atomic E-state index is 11.9. The van der Waals surface area contributed by atoms with Crippen LogP contribution in [0, 0.1) is 6.92 Å². The minimum atomic E-state index is -0.145. The number of fused-ring (bicyclic) bond motifs is 1. The zero-order valence-corrected chi connectivity index (χ0v) is 17.0. The van der Waals surface area contributed by atoms with Gasteiger partial charge < -0.3 is 5.32 Å². The lowest BCUT2D eigenvalue weighted by atomic mass is 10.3. The third-order valence-electron chi connectivity index (χ3n) is 3.37. The van der Waals surface area contributed by atoms with E-state index in [9.17, 15) is 4.79 Å². The van der Waals surface area contributed by atoms with Crippen molar-refractivity contribution >= 4 is 55.9 Å². The lowest BCUT2D eigenvalue weighted by molar-refractivity contribution is 0.870. The van der Waals surface area contributed by atoms with Gasteiger partial charge in [0.1, 0.15) is 5.01 Å². The van der Waals surface area contributed by atoms with Crippen LogP contribution in [-0.4, -0.2) is 31.3 Å². The van der Waals surface area contributed by atoms with Crippen molar-refractivity contribution in [3.8, 4) is 0 Å². The Morgan fingerprint density at radius 1 is 1.31 bits per heavy atom. The van der Waals surface area contributed by atoms with Crippen molar-refractivity contribution in [3.63, 3.8) is 0 Å². The first-order valence-corrected chi connectivity index (χ1v) is 11.3. The maximum absolute atomic E-state index is 11.9. The van der Waals surface area contributed by atoms with Crippen LogP contribution in [0.5, 0.6) is 0 Å². The molecule has 7 nitrogen and oxygen atoms in total. The van der Waals surface area contributed by atoms with Crippen molar-refractivity contribution < 1.29 is 0 Å². The van der Waals surface area contributed by atoms with E-state index in [-0.39, 0.29) is 5.56 Å². The highest BCUT2D eigenvalue weighted by Gasteiger charge is 2.10. The second kappa shape index (κ2) is 7.82. The molecule has 0 saturated carbocycles. The Bertz CT molecular complexity index is 1070. The van der Waals surface area contributed by atoms with Gasteiger partial charge in [0.05, 0.1) is 5.75 Å². The zero-order valence-electron chi connectivity index (χ0n) is 13.7. The molecule has 4 rings (SSSR count). The summed E-state index contributed by atoms with van der Waals surface area (Å²) < 4.78 is 2.23. The topological polar surface area (TPSA) is 85.1 Å². The normalized spacial score (nSPS) is 11.3. The van der Waals surface area contributed by atoms with Crippen molar-refractivity contribution in [3.05, 3.63) is 49.5 Å². The average Bonchev–Trinajstić information content (AvgIpc) is 3.33. The van der Waals surface area contributed by atoms with Crippen LogP contribution in [0.25, 0.3) is 4.96 Å². The quantitative estimate of drug-likeness (QED) is 0.457. The molecule has 0 aliphatic rings. The Morgan fingerprint density at radius 2 is 2.23 bits per heavy atom. The van der Waals surface area contributed by atoms with Crippen molar-refractivity contribution in [2.45, 2.75) is 23.4 Å². The largest absolute Gasteiger partial charge is 0.360 e. The Balaban J connectivity index is 1.34. The van der Waals surface area contributed by atoms with Crippen molar-refractivity contribution in [1.82, 2.24) is 24.8 Å². The van der Waals surface area contributed by atoms with E-state index < -0.39 is 0 Å². The van der Waals surface area contributed by atoms with Crippen LogP contribution in [0.2, 0.25) is 0 Å². The van der Waals surface area contributed by atoms with Gasteiger partial charge in [-0.3, -0.25) is 4.79 Å². The number of nitrogens with zero attached hydrogens (tertiary/aromatic N) is 5. The van der Waals surface area contributed by atoms with Gasteiger partial charge in [0, 0.05) is 23.2 Å². The Labute approximate surface area is 165 Å². The highest BCUT2D eigenvalue weighted by atomic mass is 32.2. The van der Waals surface area contributed by atoms with Gasteiger partial charge >= 0.3 is 0 Å². The number of anilines is 1. The number of aryl methyl sites for hydroxylation is 1. The lowest BCUT2D eigenvalue weighted by Gasteiger charge is -1.98. The van der Waals surface area contributed by atoms with E-state index in [2.05, 4.69) is 43.1 Å². The molecular formula is C15H14N6OS4. The molecule has 0 aromatic carbocycles. The molecule has 0 fully saturated rings. The summed E-state index contributed by atoms with van der Waals surface area (Å²) in [4.78, 5) is 18.2. The third-order valence-corrected chi connectivity index (χ3v) is 7.42. The van der Waals surface area contributed by atoms with Crippen LogP contribution in [0.15, 0.2) is 32.7 Å². The highest BCUT2D eigenvalue weighted by Crippen LogP contribution is 2.29. The fourth-order valence-corrected chi connectivity index (χ4v) is 5.65. The molecular weight excluding hydrogens is 408 g/mol. The first kappa shape index (κ1) is 17.6. The Kier molecular flexibility index (Phi) is 5.29. The van der Waals surface area contributed by atoms with E-state index in [0.29, 0.717) is 16.4 Å². The van der Waals surface area contributed by atoms with Gasteiger partial charge in [-0.15, -0.1) is 21.5 Å². The SMILES string of the molecule is Cc1cc(=O)n2nc(CSc3nnc(NCCc4cccs4)s3)sc2n1. The summed E-state index contributed by atoms with van der Waals surface area (Å²) in [5.74, 6) is 0.635. The predicted molar refractivity (Wildman–Crippen MR) is 108 cm³/mol. The van der Waals surface area contributed by atoms with Crippen LogP contribution in [0.1, 0.15) is 15.6 Å². The standard InChI is InChI=1S/C15H14N6OS4/c1-9-7-12(22)21-14(17-9)25-11(20-21)8-24-15-19-18-13(26-15)16-5-4-10-3-2-6-23-10/h2-3,6-7H,4-5,8H2,1H3,(H,16,18). The summed E-state index contributed by atoms with van der Waals surface area (Å²) in [7, 11) is 0. The maximum Gasteiger partial charge on any atom is 0.275 e. The number of thiophene rings is 1. The Hall–Kier alpha value is -1.82. The second-order valence-electron chi connectivity index (χ2n) is 5.34. The second-order valence-corrected chi connectivity index (χ2v) is 9.62. The summed E-state index contributed by atoms with van der Waals surface area (Å²) in [5.41, 5.74) is 0.563. The molecule has 4 aromatic rings. The molecule has 0 radical (unpaired) electrons. The fourth-order valence-electron chi connectivity index (χ4n) is 2.23. The fraction of sp³-hybridized carbons (Fsp3) is 0.267. The minimum Gasteiger partial charge on any atom is -0.360 e. The number of rotatable bonds is 7. The van der Waals surface area contributed by atoms with Gasteiger partial charge in [-0.25, -0.2) is 4.98 Å². The molecule has 0 aliphatic heterocycles. The van der Waals surface area contributed by atoms with Gasteiger partial charge in [-0.2, -0.15) is 9.61 Å². The lowest BCUT2D eigenvalue weighted by Crippen LogP contribution is -2.14. The summed E-state index contributed by atoms with van der Waals surface area (Å²) in [5, 5.41) is 19.8. The molecule has 11 heteroatoms. The summed E-state index contributed by atoms with van der Waals surface area (Å²) in [6, 6.07) is 5.68. The molecule has 0 aliphatic carbocycles. The van der Waals surface area contributed by atoms with E-state index in [4.69, 9.17) is 0 Å². The van der Waals surface area contributed by atoms with Gasteiger partial charge in [0.25, 0.3) is 5.56 Å². The molecule has 26 heavy (non-hydrogen) atoms. The summed E-state index contributed by atoms with van der Waals surface area (Å²) in [6.45, 7) is 2.65. The number of aromatic nitrogens is 5. The van der Waals surface area contributed by atoms with E-state index >= 15 is 0 Å². The number of hydrogen-bond acceptors (Lipinski definition) is 10. The monoisotopic (exact) mass is 422 g/mol. The van der Waals surface area contributed by atoms with E-state index in [1.54, 1.807) is 23.1 Å². The molecule has 0 amide bonds. The summed E-state index contributed by atoms with van der Waals surface area (Å²) >= 11 is 6.28. The Morgan fingerprint density at radius 3 is 3.08 bits per heavy atom. The molecule has 0 spiro atoms. The van der Waals surface area contributed by atoms with Crippen molar-refractivity contribution in [1.29, 1.82) is 0 Å². The number of thioether (sulfide) groups is 1. The molecule has 0 atom stereocenters. The average molecular weight is 423 g/mol. The van der Waals surface area contributed by atoms with Gasteiger partial charge in [-0.05, 0) is 24.8 Å². The zero-order chi connectivity index (χ0) is 17.9. The van der Waals surface area contributed by atoms with Gasteiger partial charge in [-0.1, -0.05) is 40.5 Å². The predicted octanol–water partition coefficient (Wildman–Crippen LogP) is 3.32. The van der Waals surface area contributed by atoms with Crippen LogP contribution in [0.4, 0.5) is 5.13 Å². The minimum absolute atomic E-state index is 0.145. The number of hydrogen-bond donors (Lipinski definition) is 1. The van der Waals surface area contributed by atoms with Gasteiger partial charge in [0.2, 0.25) is 10.1 Å². The van der Waals surface area contributed by atoms with Crippen LogP contribution >= 0.6 is 45.8 Å². The molecule has 1 N–H and O–H groups in total. The van der Waals surface area contributed by atoms with E-state index in [0.717, 1.165) is 27.4 Å². The van der Waals surface area contributed by atoms with Crippen LogP contribution in [-0.2, 0) is 12.2 Å². The first-order valence-electron chi connectivity index (χ1n) is 7.76. The van der Waals surface area contributed by atoms with Crippen LogP contribution in [0.3, 0.4) is 0 Å². The van der Waals surface area contributed by atoms with E-state index in [1.807, 2.05) is 6.92 Å². The highest BCUT2D eigenvalue weighted by molar-refractivity contribution is 8.00. The first-order chi connectivity index (χ1) is 12.7. The molecule has 4 heterocycles.